The van der Waals surface area contributed by atoms with Gasteiger partial charge in [-0.25, -0.2) is 8.78 Å². The zero-order chi connectivity index (χ0) is 14.7. The number of halogens is 2. The molecule has 6 heteroatoms. The third kappa shape index (κ3) is 3.32. The van der Waals surface area contributed by atoms with Crippen molar-refractivity contribution < 1.29 is 8.78 Å². The summed E-state index contributed by atoms with van der Waals surface area (Å²) < 4.78 is 27.7. The van der Waals surface area contributed by atoms with E-state index in [4.69, 9.17) is 5.84 Å². The SMILES string of the molecule is CN1CCN(C)C(CC(NN)c2c(F)cccc2F)C1. The summed E-state index contributed by atoms with van der Waals surface area (Å²) in [5.41, 5.74) is 2.58. The first-order valence-electron chi connectivity index (χ1n) is 6.81. The second kappa shape index (κ2) is 6.58. The fourth-order valence-electron chi connectivity index (χ4n) is 2.74. The molecule has 1 aromatic rings. The molecule has 0 radical (unpaired) electrons. The molecule has 0 amide bonds. The van der Waals surface area contributed by atoms with Gasteiger partial charge in [-0.15, -0.1) is 0 Å². The number of hydrogen-bond acceptors (Lipinski definition) is 4. The second-order valence-electron chi connectivity index (χ2n) is 5.49. The molecule has 1 aromatic carbocycles. The summed E-state index contributed by atoms with van der Waals surface area (Å²) in [5.74, 6) is 4.41. The van der Waals surface area contributed by atoms with Crippen LogP contribution in [0.25, 0.3) is 0 Å². The van der Waals surface area contributed by atoms with Crippen LogP contribution in [-0.2, 0) is 0 Å². The van der Waals surface area contributed by atoms with Gasteiger partial charge in [0.25, 0.3) is 0 Å². The summed E-state index contributed by atoms with van der Waals surface area (Å²) in [7, 11) is 4.08. The van der Waals surface area contributed by atoms with Crippen molar-refractivity contribution in [2.75, 3.05) is 33.7 Å². The molecule has 112 valence electrons. The highest BCUT2D eigenvalue weighted by atomic mass is 19.1. The van der Waals surface area contributed by atoms with E-state index < -0.39 is 17.7 Å². The van der Waals surface area contributed by atoms with E-state index in [0.29, 0.717) is 6.42 Å². The van der Waals surface area contributed by atoms with Crippen LogP contribution in [0.4, 0.5) is 8.78 Å². The lowest BCUT2D eigenvalue weighted by atomic mass is 9.97. The summed E-state index contributed by atoms with van der Waals surface area (Å²) in [6, 6.07) is 3.57. The Morgan fingerprint density at radius 1 is 1.30 bits per heavy atom. The zero-order valence-electron chi connectivity index (χ0n) is 11.9. The minimum atomic E-state index is -0.556. The lowest BCUT2D eigenvalue weighted by Crippen LogP contribution is -2.51. The second-order valence-corrected chi connectivity index (χ2v) is 5.49. The van der Waals surface area contributed by atoms with Crippen LogP contribution in [0.1, 0.15) is 18.0 Å². The van der Waals surface area contributed by atoms with Gasteiger partial charge in [0.1, 0.15) is 11.6 Å². The lowest BCUT2D eigenvalue weighted by Gasteiger charge is -2.39. The van der Waals surface area contributed by atoms with E-state index in [-0.39, 0.29) is 11.6 Å². The van der Waals surface area contributed by atoms with Crippen molar-refractivity contribution in [1.82, 2.24) is 15.2 Å². The van der Waals surface area contributed by atoms with Crippen molar-refractivity contribution in [1.29, 1.82) is 0 Å². The first-order valence-corrected chi connectivity index (χ1v) is 6.81. The number of likely N-dealkylation sites (N-methyl/N-ethyl adjacent to an activating group) is 2. The van der Waals surface area contributed by atoms with Gasteiger partial charge < -0.3 is 9.80 Å². The number of rotatable bonds is 4. The van der Waals surface area contributed by atoms with Crippen molar-refractivity contribution in [2.45, 2.75) is 18.5 Å². The summed E-state index contributed by atoms with van der Waals surface area (Å²) in [6.45, 7) is 2.81. The predicted octanol–water partition coefficient (Wildman–Crippen LogP) is 1.11. The molecule has 0 saturated carbocycles. The summed E-state index contributed by atoms with van der Waals surface area (Å²) in [5, 5.41) is 0. The quantitative estimate of drug-likeness (QED) is 0.642. The van der Waals surface area contributed by atoms with E-state index in [9.17, 15) is 8.78 Å². The van der Waals surface area contributed by atoms with E-state index in [1.165, 1.54) is 18.2 Å². The van der Waals surface area contributed by atoms with Gasteiger partial charge in [0.2, 0.25) is 0 Å². The Hall–Kier alpha value is -1.08. The van der Waals surface area contributed by atoms with Crippen LogP contribution in [0, 0.1) is 11.6 Å². The highest BCUT2D eigenvalue weighted by Gasteiger charge is 2.28. The first kappa shape index (κ1) is 15.3. The van der Waals surface area contributed by atoms with Gasteiger partial charge in [0, 0.05) is 31.2 Å². The molecule has 1 aliphatic heterocycles. The molecule has 2 atom stereocenters. The van der Waals surface area contributed by atoms with Crippen molar-refractivity contribution >= 4 is 0 Å². The van der Waals surface area contributed by atoms with Crippen molar-refractivity contribution in [3.63, 3.8) is 0 Å². The molecular formula is C14H22F2N4. The van der Waals surface area contributed by atoms with Crippen LogP contribution in [0.3, 0.4) is 0 Å². The van der Waals surface area contributed by atoms with E-state index in [1.54, 1.807) is 0 Å². The normalized spacial score (nSPS) is 22.9. The smallest absolute Gasteiger partial charge is 0.130 e. The zero-order valence-corrected chi connectivity index (χ0v) is 11.9. The molecule has 1 heterocycles. The van der Waals surface area contributed by atoms with Crippen LogP contribution in [-0.4, -0.2) is 49.6 Å². The number of nitrogens with one attached hydrogen (secondary N) is 1. The molecule has 3 N–H and O–H groups in total. The maximum absolute atomic E-state index is 13.9. The topological polar surface area (TPSA) is 44.5 Å². The van der Waals surface area contributed by atoms with Crippen LogP contribution in [0.15, 0.2) is 18.2 Å². The number of nitrogens with two attached hydrogens (primary N) is 1. The van der Waals surface area contributed by atoms with Gasteiger partial charge in [0.05, 0.1) is 6.04 Å². The Morgan fingerprint density at radius 3 is 2.55 bits per heavy atom. The molecule has 0 spiro atoms. The number of benzene rings is 1. The molecule has 1 aliphatic rings. The lowest BCUT2D eigenvalue weighted by molar-refractivity contribution is 0.100. The monoisotopic (exact) mass is 284 g/mol. The summed E-state index contributed by atoms with van der Waals surface area (Å²) in [4.78, 5) is 4.43. The average molecular weight is 284 g/mol. The molecule has 0 aliphatic carbocycles. The molecule has 4 nitrogen and oxygen atoms in total. The molecule has 0 bridgehead atoms. The number of hydrogen-bond donors (Lipinski definition) is 2. The molecule has 20 heavy (non-hydrogen) atoms. The molecule has 2 rings (SSSR count). The Labute approximate surface area is 118 Å². The number of piperazine rings is 1. The van der Waals surface area contributed by atoms with Gasteiger partial charge >= 0.3 is 0 Å². The van der Waals surface area contributed by atoms with Gasteiger partial charge in [-0.1, -0.05) is 6.07 Å². The minimum absolute atomic E-state index is 0.0247. The number of hydrazine groups is 1. The molecular weight excluding hydrogens is 262 g/mol. The van der Waals surface area contributed by atoms with E-state index in [2.05, 4.69) is 22.3 Å². The van der Waals surface area contributed by atoms with Gasteiger partial charge in [-0.3, -0.25) is 11.3 Å². The van der Waals surface area contributed by atoms with E-state index >= 15 is 0 Å². The standard InChI is InChI=1S/C14H22F2N4/c1-19-6-7-20(2)10(9-19)8-13(18-17)14-11(15)4-3-5-12(14)16/h3-5,10,13,18H,6-9,17H2,1-2H3. The molecule has 1 saturated heterocycles. The van der Waals surface area contributed by atoms with Gasteiger partial charge in [0.15, 0.2) is 0 Å². The minimum Gasteiger partial charge on any atom is -0.304 e. The first-order chi connectivity index (χ1) is 9.52. The van der Waals surface area contributed by atoms with Crippen molar-refractivity contribution in [2.24, 2.45) is 5.84 Å². The maximum Gasteiger partial charge on any atom is 0.130 e. The van der Waals surface area contributed by atoms with Crippen molar-refractivity contribution in [3.8, 4) is 0 Å². The van der Waals surface area contributed by atoms with Crippen LogP contribution < -0.4 is 11.3 Å². The number of nitrogens with zero attached hydrogens (tertiary/aromatic N) is 2. The van der Waals surface area contributed by atoms with Crippen molar-refractivity contribution in [3.05, 3.63) is 35.4 Å². The van der Waals surface area contributed by atoms with Crippen LogP contribution >= 0.6 is 0 Å². The van der Waals surface area contributed by atoms with Crippen LogP contribution in [0.2, 0.25) is 0 Å². The predicted molar refractivity (Wildman–Crippen MR) is 75.0 cm³/mol. The van der Waals surface area contributed by atoms with Gasteiger partial charge in [-0.05, 0) is 32.6 Å². The molecule has 1 fully saturated rings. The fraction of sp³-hybridized carbons (Fsp3) is 0.571. The highest BCUT2D eigenvalue weighted by Crippen LogP contribution is 2.26. The summed E-state index contributed by atoms with van der Waals surface area (Å²) >= 11 is 0. The summed E-state index contributed by atoms with van der Waals surface area (Å²) in [6.07, 6.45) is 0.565. The fourth-order valence-corrected chi connectivity index (χ4v) is 2.74. The van der Waals surface area contributed by atoms with E-state index in [0.717, 1.165) is 19.6 Å². The Kier molecular flexibility index (Phi) is 5.04. The van der Waals surface area contributed by atoms with Gasteiger partial charge in [-0.2, -0.15) is 0 Å². The van der Waals surface area contributed by atoms with Crippen LogP contribution in [0.5, 0.6) is 0 Å². The third-order valence-corrected chi connectivity index (χ3v) is 4.04. The molecule has 2 unspecified atom stereocenters. The largest absolute Gasteiger partial charge is 0.304 e. The maximum atomic E-state index is 13.9. The average Bonchev–Trinajstić information content (AvgIpc) is 2.41. The Morgan fingerprint density at radius 2 is 1.95 bits per heavy atom. The Bertz CT molecular complexity index is 435. The third-order valence-electron chi connectivity index (χ3n) is 4.04. The molecule has 0 aromatic heterocycles. The van der Waals surface area contributed by atoms with E-state index in [1.807, 2.05) is 7.05 Å². The Balaban J connectivity index is 2.16. The highest BCUT2D eigenvalue weighted by molar-refractivity contribution is 5.23.